The van der Waals surface area contributed by atoms with Gasteiger partial charge in [-0.05, 0) is 55.9 Å². The number of anilines is 2. The van der Waals surface area contributed by atoms with Crippen LogP contribution in [0.5, 0.6) is 0 Å². The first kappa shape index (κ1) is 11.3. The molecule has 88 valence electrons. The van der Waals surface area contributed by atoms with Crippen molar-refractivity contribution >= 4 is 11.4 Å². The molecule has 0 aliphatic carbocycles. The summed E-state index contributed by atoms with van der Waals surface area (Å²) in [5.74, 6) is 0.881. The lowest BCUT2D eigenvalue weighted by molar-refractivity contribution is 0.438. The van der Waals surface area contributed by atoms with Gasteiger partial charge in [0.05, 0.1) is 0 Å². The highest BCUT2D eigenvalue weighted by Crippen LogP contribution is 2.29. The average Bonchev–Trinajstić information content (AvgIpc) is 2.25. The fourth-order valence-corrected chi connectivity index (χ4v) is 2.41. The third kappa shape index (κ3) is 2.16. The van der Waals surface area contributed by atoms with Crippen LogP contribution in [-0.2, 0) is 0 Å². The molecule has 0 radical (unpaired) electrons. The Balaban J connectivity index is 2.23. The van der Waals surface area contributed by atoms with E-state index in [0.29, 0.717) is 0 Å². The van der Waals surface area contributed by atoms with Crippen LogP contribution in [0.4, 0.5) is 11.4 Å². The van der Waals surface area contributed by atoms with Crippen molar-refractivity contribution in [2.45, 2.75) is 33.6 Å². The Morgan fingerprint density at radius 2 is 1.75 bits per heavy atom. The van der Waals surface area contributed by atoms with E-state index in [1.54, 1.807) is 0 Å². The first-order valence-corrected chi connectivity index (χ1v) is 6.19. The predicted molar refractivity (Wildman–Crippen MR) is 70.9 cm³/mol. The Morgan fingerprint density at radius 3 is 2.38 bits per heavy atom. The van der Waals surface area contributed by atoms with Gasteiger partial charge in [-0.2, -0.15) is 0 Å². The minimum Gasteiger partial charge on any atom is -0.399 e. The quantitative estimate of drug-likeness (QED) is 0.734. The third-order valence-corrected chi connectivity index (χ3v) is 3.71. The second-order valence-corrected chi connectivity index (χ2v) is 5.16. The van der Waals surface area contributed by atoms with Gasteiger partial charge in [0.2, 0.25) is 0 Å². The van der Waals surface area contributed by atoms with Crippen LogP contribution in [0.1, 0.15) is 30.9 Å². The molecule has 2 nitrogen and oxygen atoms in total. The van der Waals surface area contributed by atoms with Crippen LogP contribution in [0, 0.1) is 19.8 Å². The van der Waals surface area contributed by atoms with Gasteiger partial charge in [0, 0.05) is 24.5 Å². The predicted octanol–water partition coefficient (Wildman–Crippen LogP) is 3.12. The molecule has 16 heavy (non-hydrogen) atoms. The van der Waals surface area contributed by atoms with E-state index in [0.717, 1.165) is 11.6 Å². The summed E-state index contributed by atoms with van der Waals surface area (Å²) in [5.41, 5.74) is 10.7. The van der Waals surface area contributed by atoms with Crippen LogP contribution in [0.2, 0.25) is 0 Å². The van der Waals surface area contributed by atoms with E-state index >= 15 is 0 Å². The summed E-state index contributed by atoms with van der Waals surface area (Å²) in [6, 6.07) is 4.34. The topological polar surface area (TPSA) is 29.3 Å². The number of benzene rings is 1. The molecular formula is C14H22N2. The number of nitrogen functional groups attached to an aromatic ring is 1. The zero-order valence-electron chi connectivity index (χ0n) is 10.6. The minimum atomic E-state index is 0.881. The Morgan fingerprint density at radius 1 is 1.12 bits per heavy atom. The van der Waals surface area contributed by atoms with Gasteiger partial charge in [-0.1, -0.05) is 6.92 Å². The van der Waals surface area contributed by atoms with E-state index in [1.165, 1.54) is 42.7 Å². The van der Waals surface area contributed by atoms with Gasteiger partial charge in [0.15, 0.2) is 0 Å². The molecule has 0 atom stereocenters. The fourth-order valence-electron chi connectivity index (χ4n) is 2.41. The number of hydrogen-bond acceptors (Lipinski definition) is 2. The summed E-state index contributed by atoms with van der Waals surface area (Å²) < 4.78 is 0. The van der Waals surface area contributed by atoms with Crippen LogP contribution in [0.15, 0.2) is 12.1 Å². The molecular weight excluding hydrogens is 196 g/mol. The molecule has 1 fully saturated rings. The lowest BCUT2D eigenvalue weighted by Crippen LogP contribution is -2.33. The van der Waals surface area contributed by atoms with Crippen molar-refractivity contribution in [1.82, 2.24) is 0 Å². The maximum absolute atomic E-state index is 5.92. The Labute approximate surface area is 98.4 Å². The SMILES string of the molecule is Cc1cc(N2CCC(C)CC2)c(C)cc1N. The van der Waals surface area contributed by atoms with E-state index in [2.05, 4.69) is 37.8 Å². The normalized spacial score (nSPS) is 17.8. The molecule has 1 aromatic carbocycles. The second-order valence-electron chi connectivity index (χ2n) is 5.16. The van der Waals surface area contributed by atoms with Gasteiger partial charge in [-0.15, -0.1) is 0 Å². The number of aryl methyl sites for hydroxylation is 2. The smallest absolute Gasteiger partial charge is 0.0400 e. The summed E-state index contributed by atoms with van der Waals surface area (Å²) in [6.07, 6.45) is 2.62. The zero-order valence-corrected chi connectivity index (χ0v) is 10.6. The maximum Gasteiger partial charge on any atom is 0.0400 e. The average molecular weight is 218 g/mol. The maximum atomic E-state index is 5.92. The molecule has 1 aliphatic rings. The number of hydrogen-bond donors (Lipinski definition) is 1. The molecule has 2 N–H and O–H groups in total. The molecule has 1 aliphatic heterocycles. The van der Waals surface area contributed by atoms with Gasteiger partial charge in [-0.3, -0.25) is 0 Å². The molecule has 1 saturated heterocycles. The second kappa shape index (κ2) is 4.36. The molecule has 1 aromatic rings. The Kier molecular flexibility index (Phi) is 3.08. The molecule has 0 unspecified atom stereocenters. The van der Waals surface area contributed by atoms with E-state index in [9.17, 15) is 0 Å². The zero-order chi connectivity index (χ0) is 11.7. The standard InChI is InChI=1S/C14H22N2/c1-10-4-6-16(7-5-10)14-9-11(2)13(15)8-12(14)3/h8-10H,4-7,15H2,1-3H3. The highest BCUT2D eigenvalue weighted by atomic mass is 15.1. The lowest BCUT2D eigenvalue weighted by Gasteiger charge is -2.33. The highest BCUT2D eigenvalue weighted by Gasteiger charge is 2.17. The van der Waals surface area contributed by atoms with E-state index < -0.39 is 0 Å². The molecule has 0 amide bonds. The Bertz CT molecular complexity index is 377. The van der Waals surface area contributed by atoms with E-state index in [1.807, 2.05) is 0 Å². The molecule has 0 saturated carbocycles. The van der Waals surface area contributed by atoms with Crippen LogP contribution < -0.4 is 10.6 Å². The molecule has 0 aromatic heterocycles. The number of piperidine rings is 1. The van der Waals surface area contributed by atoms with Crippen molar-refractivity contribution in [3.8, 4) is 0 Å². The minimum absolute atomic E-state index is 0.881. The van der Waals surface area contributed by atoms with E-state index in [4.69, 9.17) is 5.73 Å². The van der Waals surface area contributed by atoms with Crippen LogP contribution >= 0.6 is 0 Å². The summed E-state index contributed by atoms with van der Waals surface area (Å²) in [7, 11) is 0. The first-order valence-electron chi connectivity index (χ1n) is 6.19. The van der Waals surface area contributed by atoms with Crippen LogP contribution in [-0.4, -0.2) is 13.1 Å². The lowest BCUT2D eigenvalue weighted by atomic mass is 9.97. The van der Waals surface area contributed by atoms with Crippen LogP contribution in [0.3, 0.4) is 0 Å². The number of rotatable bonds is 1. The summed E-state index contributed by atoms with van der Waals surface area (Å²) in [5, 5.41) is 0. The van der Waals surface area contributed by atoms with Gasteiger partial charge >= 0.3 is 0 Å². The van der Waals surface area contributed by atoms with Crippen molar-refractivity contribution in [3.05, 3.63) is 23.3 Å². The summed E-state index contributed by atoms with van der Waals surface area (Å²) >= 11 is 0. The molecule has 0 spiro atoms. The van der Waals surface area contributed by atoms with E-state index in [-0.39, 0.29) is 0 Å². The Hall–Kier alpha value is -1.18. The number of nitrogens with two attached hydrogens (primary N) is 1. The number of nitrogens with zero attached hydrogens (tertiary/aromatic N) is 1. The first-order chi connectivity index (χ1) is 7.58. The molecule has 2 heteroatoms. The molecule has 1 heterocycles. The van der Waals surface area contributed by atoms with Crippen molar-refractivity contribution in [3.63, 3.8) is 0 Å². The van der Waals surface area contributed by atoms with Gasteiger partial charge < -0.3 is 10.6 Å². The summed E-state index contributed by atoms with van der Waals surface area (Å²) in [4.78, 5) is 2.50. The fraction of sp³-hybridized carbons (Fsp3) is 0.571. The monoisotopic (exact) mass is 218 g/mol. The van der Waals surface area contributed by atoms with Crippen molar-refractivity contribution in [1.29, 1.82) is 0 Å². The van der Waals surface area contributed by atoms with Gasteiger partial charge in [0.1, 0.15) is 0 Å². The van der Waals surface area contributed by atoms with Crippen molar-refractivity contribution in [2.75, 3.05) is 23.7 Å². The highest BCUT2D eigenvalue weighted by molar-refractivity contribution is 5.63. The molecule has 2 rings (SSSR count). The third-order valence-electron chi connectivity index (χ3n) is 3.71. The van der Waals surface area contributed by atoms with Crippen LogP contribution in [0.25, 0.3) is 0 Å². The molecule has 0 bridgehead atoms. The van der Waals surface area contributed by atoms with Gasteiger partial charge in [-0.25, -0.2) is 0 Å². The van der Waals surface area contributed by atoms with Crippen molar-refractivity contribution < 1.29 is 0 Å². The largest absolute Gasteiger partial charge is 0.399 e. The van der Waals surface area contributed by atoms with Crippen molar-refractivity contribution in [2.24, 2.45) is 5.92 Å². The van der Waals surface area contributed by atoms with Gasteiger partial charge in [0.25, 0.3) is 0 Å². The summed E-state index contributed by atoms with van der Waals surface area (Å²) in [6.45, 7) is 8.96.